The molecule has 4 rings (SSSR count). The SMILES string of the molecule is O=C(/C=C/c1ccc(Oc2cccnc2)c(F)c1)NCc1ccc(OCc2cccnc2)cc1. The highest BCUT2D eigenvalue weighted by molar-refractivity contribution is 5.91. The zero-order valence-electron chi connectivity index (χ0n) is 18.2. The highest BCUT2D eigenvalue weighted by Gasteiger charge is 2.06. The molecule has 0 saturated carbocycles. The lowest BCUT2D eigenvalue weighted by Gasteiger charge is -2.08. The zero-order valence-corrected chi connectivity index (χ0v) is 18.2. The summed E-state index contributed by atoms with van der Waals surface area (Å²) in [7, 11) is 0. The number of rotatable bonds is 9. The minimum Gasteiger partial charge on any atom is -0.489 e. The molecule has 0 aliphatic rings. The van der Waals surface area contributed by atoms with Gasteiger partial charge in [0.1, 0.15) is 18.1 Å². The number of aromatic nitrogens is 2. The average Bonchev–Trinajstić information content (AvgIpc) is 2.88. The van der Waals surface area contributed by atoms with Crippen molar-refractivity contribution >= 4 is 12.0 Å². The van der Waals surface area contributed by atoms with E-state index in [4.69, 9.17) is 9.47 Å². The van der Waals surface area contributed by atoms with E-state index in [1.165, 1.54) is 24.4 Å². The molecule has 2 aromatic carbocycles. The van der Waals surface area contributed by atoms with Crippen LogP contribution in [0.25, 0.3) is 6.08 Å². The Morgan fingerprint density at radius 3 is 2.41 bits per heavy atom. The molecule has 2 heterocycles. The number of hydrogen-bond acceptors (Lipinski definition) is 5. The van der Waals surface area contributed by atoms with Crippen LogP contribution in [-0.2, 0) is 17.9 Å². The van der Waals surface area contributed by atoms with E-state index in [0.29, 0.717) is 24.5 Å². The van der Waals surface area contributed by atoms with Gasteiger partial charge in [0.2, 0.25) is 5.91 Å². The molecule has 34 heavy (non-hydrogen) atoms. The second kappa shape index (κ2) is 11.4. The van der Waals surface area contributed by atoms with Gasteiger partial charge in [-0.3, -0.25) is 14.8 Å². The Hall–Kier alpha value is -4.52. The zero-order chi connectivity index (χ0) is 23.6. The molecule has 2 aromatic heterocycles. The summed E-state index contributed by atoms with van der Waals surface area (Å²) < 4.78 is 25.5. The van der Waals surface area contributed by atoms with Crippen LogP contribution in [0.3, 0.4) is 0 Å². The van der Waals surface area contributed by atoms with Gasteiger partial charge in [-0.15, -0.1) is 0 Å². The molecule has 0 aliphatic heterocycles. The number of nitrogens with zero attached hydrogens (tertiary/aromatic N) is 2. The predicted molar refractivity (Wildman–Crippen MR) is 127 cm³/mol. The lowest BCUT2D eigenvalue weighted by Crippen LogP contribution is -2.20. The fourth-order valence-electron chi connectivity index (χ4n) is 3.01. The number of carbonyl (C=O) groups excluding carboxylic acids is 1. The van der Waals surface area contributed by atoms with Crippen molar-refractivity contribution < 1.29 is 18.7 Å². The van der Waals surface area contributed by atoms with Gasteiger partial charge in [0.05, 0.1) is 6.20 Å². The Bertz CT molecular complexity index is 1250. The van der Waals surface area contributed by atoms with Crippen molar-refractivity contribution in [3.05, 3.63) is 120 Å². The van der Waals surface area contributed by atoms with Crippen LogP contribution in [0.5, 0.6) is 17.2 Å². The molecule has 0 spiro atoms. The topological polar surface area (TPSA) is 73.3 Å². The summed E-state index contributed by atoms with van der Waals surface area (Å²) in [5.74, 6) is 0.446. The second-order valence-electron chi connectivity index (χ2n) is 7.33. The maximum Gasteiger partial charge on any atom is 0.244 e. The molecule has 170 valence electrons. The molecule has 6 nitrogen and oxygen atoms in total. The summed E-state index contributed by atoms with van der Waals surface area (Å²) in [4.78, 5) is 20.1. The largest absolute Gasteiger partial charge is 0.489 e. The Balaban J connectivity index is 1.25. The van der Waals surface area contributed by atoms with Gasteiger partial charge < -0.3 is 14.8 Å². The quantitative estimate of drug-likeness (QED) is 0.346. The third-order valence-corrected chi connectivity index (χ3v) is 4.76. The molecule has 0 atom stereocenters. The molecule has 7 heteroatoms. The van der Waals surface area contributed by atoms with Gasteiger partial charge in [0.15, 0.2) is 11.6 Å². The summed E-state index contributed by atoms with van der Waals surface area (Å²) in [6, 6.07) is 19.2. The third kappa shape index (κ3) is 6.74. The third-order valence-electron chi connectivity index (χ3n) is 4.76. The van der Waals surface area contributed by atoms with Crippen LogP contribution in [0, 0.1) is 5.82 Å². The Kier molecular flexibility index (Phi) is 7.58. The molecule has 0 aliphatic carbocycles. The monoisotopic (exact) mass is 455 g/mol. The van der Waals surface area contributed by atoms with Gasteiger partial charge in [-0.25, -0.2) is 4.39 Å². The molecular weight excluding hydrogens is 433 g/mol. The van der Waals surface area contributed by atoms with E-state index < -0.39 is 5.82 Å². The molecular formula is C27H22FN3O3. The van der Waals surface area contributed by atoms with Gasteiger partial charge in [-0.1, -0.05) is 24.3 Å². The van der Waals surface area contributed by atoms with Crippen LogP contribution >= 0.6 is 0 Å². The molecule has 4 aromatic rings. The second-order valence-corrected chi connectivity index (χ2v) is 7.33. The fraction of sp³-hybridized carbons (Fsp3) is 0.0741. The van der Waals surface area contributed by atoms with E-state index in [1.807, 2.05) is 36.4 Å². The standard InChI is InChI=1S/C27H22FN3O3/c28-25-15-20(7-11-26(25)34-24-4-2-14-30-18-24)8-12-27(32)31-17-21-5-9-23(10-6-21)33-19-22-3-1-13-29-16-22/h1-16,18H,17,19H2,(H,31,32)/b12-8+. The summed E-state index contributed by atoms with van der Waals surface area (Å²) in [5.41, 5.74) is 2.46. The molecule has 0 bridgehead atoms. The van der Waals surface area contributed by atoms with Gasteiger partial charge in [-0.05, 0) is 59.7 Å². The lowest BCUT2D eigenvalue weighted by molar-refractivity contribution is -0.116. The van der Waals surface area contributed by atoms with Crippen LogP contribution in [-0.4, -0.2) is 15.9 Å². The smallest absolute Gasteiger partial charge is 0.244 e. The summed E-state index contributed by atoms with van der Waals surface area (Å²) in [5, 5.41) is 2.80. The van der Waals surface area contributed by atoms with Gasteiger partial charge in [-0.2, -0.15) is 0 Å². The Morgan fingerprint density at radius 1 is 0.912 bits per heavy atom. The van der Waals surface area contributed by atoms with Crippen LogP contribution < -0.4 is 14.8 Å². The van der Waals surface area contributed by atoms with Crippen molar-refractivity contribution in [2.75, 3.05) is 0 Å². The van der Waals surface area contributed by atoms with Crippen molar-refractivity contribution in [2.45, 2.75) is 13.2 Å². The number of carbonyl (C=O) groups is 1. The normalized spacial score (nSPS) is 10.7. The first kappa shape index (κ1) is 22.7. The summed E-state index contributed by atoms with van der Waals surface area (Å²) >= 11 is 0. The van der Waals surface area contributed by atoms with Crippen LogP contribution in [0.1, 0.15) is 16.7 Å². The number of halogens is 1. The fourth-order valence-corrected chi connectivity index (χ4v) is 3.01. The van der Waals surface area contributed by atoms with E-state index in [1.54, 1.807) is 42.9 Å². The van der Waals surface area contributed by atoms with Gasteiger partial charge >= 0.3 is 0 Å². The first-order chi connectivity index (χ1) is 16.7. The van der Waals surface area contributed by atoms with Crippen molar-refractivity contribution in [3.63, 3.8) is 0 Å². The highest BCUT2D eigenvalue weighted by Crippen LogP contribution is 2.24. The number of benzene rings is 2. The summed E-state index contributed by atoms with van der Waals surface area (Å²) in [6.45, 7) is 0.796. The maximum atomic E-state index is 14.3. The lowest BCUT2D eigenvalue weighted by atomic mass is 10.2. The van der Waals surface area contributed by atoms with E-state index in [9.17, 15) is 9.18 Å². The first-order valence-corrected chi connectivity index (χ1v) is 10.6. The summed E-state index contributed by atoms with van der Waals surface area (Å²) in [6.07, 6.45) is 9.49. The van der Waals surface area contributed by atoms with Crippen molar-refractivity contribution in [2.24, 2.45) is 0 Å². The first-order valence-electron chi connectivity index (χ1n) is 10.6. The Labute approximate surface area is 196 Å². The van der Waals surface area contributed by atoms with E-state index in [0.717, 1.165) is 16.9 Å². The molecule has 0 saturated heterocycles. The molecule has 0 fully saturated rings. The van der Waals surface area contributed by atoms with Crippen LogP contribution in [0.2, 0.25) is 0 Å². The van der Waals surface area contributed by atoms with Crippen molar-refractivity contribution in [1.82, 2.24) is 15.3 Å². The number of pyridine rings is 2. The maximum absolute atomic E-state index is 14.3. The molecule has 0 radical (unpaired) electrons. The number of ether oxygens (including phenoxy) is 2. The van der Waals surface area contributed by atoms with Gasteiger partial charge in [0, 0.05) is 36.8 Å². The van der Waals surface area contributed by atoms with Crippen molar-refractivity contribution in [3.8, 4) is 17.2 Å². The van der Waals surface area contributed by atoms with Crippen molar-refractivity contribution in [1.29, 1.82) is 0 Å². The van der Waals surface area contributed by atoms with Crippen LogP contribution in [0.4, 0.5) is 4.39 Å². The molecule has 1 N–H and O–H groups in total. The highest BCUT2D eigenvalue weighted by atomic mass is 19.1. The van der Waals surface area contributed by atoms with Gasteiger partial charge in [0.25, 0.3) is 0 Å². The van der Waals surface area contributed by atoms with E-state index in [-0.39, 0.29) is 11.7 Å². The van der Waals surface area contributed by atoms with E-state index in [2.05, 4.69) is 15.3 Å². The van der Waals surface area contributed by atoms with E-state index >= 15 is 0 Å². The number of nitrogens with one attached hydrogen (secondary N) is 1. The predicted octanol–water partition coefficient (Wildman–Crippen LogP) is 5.32. The minimum atomic E-state index is -0.530. The molecule has 1 amide bonds. The molecule has 0 unspecified atom stereocenters. The Morgan fingerprint density at radius 2 is 1.71 bits per heavy atom. The van der Waals surface area contributed by atoms with Crippen LogP contribution in [0.15, 0.2) is 97.6 Å². The number of amides is 1. The number of hydrogen-bond donors (Lipinski definition) is 1. The average molecular weight is 455 g/mol. The minimum absolute atomic E-state index is 0.0856.